The van der Waals surface area contributed by atoms with Crippen molar-refractivity contribution >= 4 is 32.3 Å². The van der Waals surface area contributed by atoms with Crippen LogP contribution in [0.2, 0.25) is 0 Å². The summed E-state index contributed by atoms with van der Waals surface area (Å²) in [5.41, 5.74) is 0. The van der Waals surface area contributed by atoms with Crippen molar-refractivity contribution < 1.29 is 0 Å². The second-order valence-electron chi connectivity index (χ2n) is 4.23. The summed E-state index contributed by atoms with van der Waals surface area (Å²) in [7, 11) is 2.19. The first-order chi connectivity index (χ1) is 7.74. The first-order valence-corrected chi connectivity index (χ1v) is 7.26. The molecule has 0 saturated carbocycles. The van der Waals surface area contributed by atoms with Gasteiger partial charge in [-0.25, -0.2) is 0 Å². The van der Waals surface area contributed by atoms with Crippen molar-refractivity contribution in [3.8, 4) is 0 Å². The van der Waals surface area contributed by atoms with E-state index in [0.717, 1.165) is 19.6 Å². The molecule has 0 amide bonds. The standard InChI is InChI=1S/C11H18BrN3S/c1-15-7-6-13-9(8-15)4-5-14-11-3-2-10(12)16-11/h2-3,9,13-14H,4-8H2,1H3. The maximum absolute atomic E-state index is 3.55. The van der Waals surface area contributed by atoms with Gasteiger partial charge in [-0.15, -0.1) is 11.3 Å². The van der Waals surface area contributed by atoms with E-state index in [-0.39, 0.29) is 0 Å². The molecule has 1 fully saturated rings. The molecule has 0 aromatic carbocycles. The van der Waals surface area contributed by atoms with Crippen molar-refractivity contribution in [1.82, 2.24) is 10.2 Å². The number of rotatable bonds is 4. The van der Waals surface area contributed by atoms with Gasteiger partial charge in [0.25, 0.3) is 0 Å². The summed E-state index contributed by atoms with van der Waals surface area (Å²) >= 11 is 5.22. The van der Waals surface area contributed by atoms with E-state index in [1.807, 2.05) is 0 Å². The third kappa shape index (κ3) is 3.73. The Morgan fingerprint density at radius 3 is 3.19 bits per heavy atom. The lowest BCUT2D eigenvalue weighted by Gasteiger charge is -2.30. The molecule has 1 unspecified atom stereocenters. The molecule has 0 aliphatic carbocycles. The number of thiophene rings is 1. The average molecular weight is 304 g/mol. The van der Waals surface area contributed by atoms with Gasteiger partial charge in [0.2, 0.25) is 0 Å². The number of halogens is 1. The number of nitrogens with one attached hydrogen (secondary N) is 2. The maximum Gasteiger partial charge on any atom is 0.0894 e. The summed E-state index contributed by atoms with van der Waals surface area (Å²) < 4.78 is 1.19. The quantitative estimate of drug-likeness (QED) is 0.893. The van der Waals surface area contributed by atoms with Crippen LogP contribution in [-0.4, -0.2) is 44.2 Å². The second-order valence-corrected chi connectivity index (χ2v) is 6.70. The number of hydrogen-bond donors (Lipinski definition) is 2. The predicted molar refractivity (Wildman–Crippen MR) is 74.4 cm³/mol. The van der Waals surface area contributed by atoms with Crippen LogP contribution < -0.4 is 10.6 Å². The first-order valence-electron chi connectivity index (χ1n) is 5.65. The van der Waals surface area contributed by atoms with E-state index in [0.29, 0.717) is 6.04 Å². The molecule has 1 aliphatic heterocycles. The smallest absolute Gasteiger partial charge is 0.0894 e. The van der Waals surface area contributed by atoms with Gasteiger partial charge in [0.1, 0.15) is 0 Å². The topological polar surface area (TPSA) is 27.3 Å². The number of nitrogens with zero attached hydrogens (tertiary/aromatic N) is 1. The number of likely N-dealkylation sites (N-methyl/N-ethyl adjacent to an activating group) is 1. The summed E-state index contributed by atoms with van der Waals surface area (Å²) in [5, 5.41) is 8.26. The second kappa shape index (κ2) is 6.00. The van der Waals surface area contributed by atoms with Crippen LogP contribution in [0.4, 0.5) is 5.00 Å². The Labute approximate surface area is 109 Å². The molecule has 1 aliphatic rings. The molecule has 1 atom stereocenters. The highest BCUT2D eigenvalue weighted by Gasteiger charge is 2.15. The van der Waals surface area contributed by atoms with E-state index in [1.165, 1.54) is 21.8 Å². The molecule has 1 aromatic heterocycles. The van der Waals surface area contributed by atoms with Gasteiger partial charge in [0.05, 0.1) is 8.79 Å². The monoisotopic (exact) mass is 303 g/mol. The Hall–Kier alpha value is -0.100. The Bertz CT molecular complexity index is 329. The van der Waals surface area contributed by atoms with Gasteiger partial charge in [-0.1, -0.05) is 0 Å². The molecule has 0 bridgehead atoms. The van der Waals surface area contributed by atoms with Crippen molar-refractivity contribution in [2.24, 2.45) is 0 Å². The van der Waals surface area contributed by atoms with Crippen LogP contribution in [0.5, 0.6) is 0 Å². The van der Waals surface area contributed by atoms with E-state index in [9.17, 15) is 0 Å². The van der Waals surface area contributed by atoms with E-state index in [4.69, 9.17) is 0 Å². The molecular weight excluding hydrogens is 286 g/mol. The molecular formula is C11H18BrN3S. The van der Waals surface area contributed by atoms with Crippen LogP contribution in [0.3, 0.4) is 0 Å². The van der Waals surface area contributed by atoms with Crippen molar-refractivity contribution in [2.45, 2.75) is 12.5 Å². The highest BCUT2D eigenvalue weighted by atomic mass is 79.9. The van der Waals surface area contributed by atoms with Crippen LogP contribution in [0.1, 0.15) is 6.42 Å². The molecule has 0 radical (unpaired) electrons. The fraction of sp³-hybridized carbons (Fsp3) is 0.636. The number of piperazine rings is 1. The molecule has 1 saturated heterocycles. The molecule has 1 aromatic rings. The van der Waals surface area contributed by atoms with Crippen molar-refractivity contribution in [3.63, 3.8) is 0 Å². The van der Waals surface area contributed by atoms with Gasteiger partial charge in [-0.3, -0.25) is 0 Å². The molecule has 2 N–H and O–H groups in total. The highest BCUT2D eigenvalue weighted by molar-refractivity contribution is 9.11. The van der Waals surface area contributed by atoms with Gasteiger partial charge < -0.3 is 15.5 Å². The van der Waals surface area contributed by atoms with Crippen LogP contribution in [0, 0.1) is 0 Å². The summed E-state index contributed by atoms with van der Waals surface area (Å²) in [5.74, 6) is 0. The zero-order valence-electron chi connectivity index (χ0n) is 9.50. The molecule has 2 heterocycles. The average Bonchev–Trinajstić information content (AvgIpc) is 2.64. The lowest BCUT2D eigenvalue weighted by Crippen LogP contribution is -2.49. The third-order valence-electron chi connectivity index (χ3n) is 2.82. The van der Waals surface area contributed by atoms with Crippen LogP contribution in [-0.2, 0) is 0 Å². The Morgan fingerprint density at radius 1 is 1.62 bits per heavy atom. The fourth-order valence-electron chi connectivity index (χ4n) is 1.96. The molecule has 2 rings (SSSR count). The van der Waals surface area contributed by atoms with Crippen molar-refractivity contribution in [2.75, 3.05) is 38.5 Å². The van der Waals surface area contributed by atoms with Crippen LogP contribution >= 0.6 is 27.3 Å². The van der Waals surface area contributed by atoms with E-state index < -0.39 is 0 Å². The van der Waals surface area contributed by atoms with Gasteiger partial charge in [0.15, 0.2) is 0 Å². The first kappa shape index (κ1) is 12.4. The molecule has 5 heteroatoms. The molecule has 90 valence electrons. The van der Waals surface area contributed by atoms with Gasteiger partial charge in [-0.05, 0) is 41.5 Å². The third-order valence-corrected chi connectivity index (χ3v) is 4.41. The zero-order valence-corrected chi connectivity index (χ0v) is 11.9. The Balaban J connectivity index is 1.67. The summed E-state index contributed by atoms with van der Waals surface area (Å²) in [6, 6.07) is 4.84. The fourth-order valence-corrected chi connectivity index (χ4v) is 3.28. The minimum absolute atomic E-state index is 0.634. The largest absolute Gasteiger partial charge is 0.377 e. The maximum atomic E-state index is 3.55. The van der Waals surface area contributed by atoms with E-state index in [1.54, 1.807) is 11.3 Å². The minimum atomic E-state index is 0.634. The van der Waals surface area contributed by atoms with E-state index in [2.05, 4.69) is 50.6 Å². The summed E-state index contributed by atoms with van der Waals surface area (Å²) in [6.45, 7) is 4.49. The highest BCUT2D eigenvalue weighted by Crippen LogP contribution is 2.26. The SMILES string of the molecule is CN1CCNC(CCNc2ccc(Br)s2)C1. The van der Waals surface area contributed by atoms with Crippen LogP contribution in [0.15, 0.2) is 15.9 Å². The van der Waals surface area contributed by atoms with Gasteiger partial charge in [0, 0.05) is 32.2 Å². The van der Waals surface area contributed by atoms with Crippen molar-refractivity contribution in [3.05, 3.63) is 15.9 Å². The zero-order chi connectivity index (χ0) is 11.4. The Morgan fingerprint density at radius 2 is 2.50 bits per heavy atom. The summed E-state index contributed by atoms with van der Waals surface area (Å²) in [6.07, 6.45) is 1.18. The Kier molecular flexibility index (Phi) is 4.64. The molecule has 16 heavy (non-hydrogen) atoms. The normalized spacial score (nSPS) is 22.2. The van der Waals surface area contributed by atoms with Gasteiger partial charge >= 0.3 is 0 Å². The van der Waals surface area contributed by atoms with E-state index >= 15 is 0 Å². The lowest BCUT2D eigenvalue weighted by atomic mass is 10.1. The van der Waals surface area contributed by atoms with Gasteiger partial charge in [-0.2, -0.15) is 0 Å². The van der Waals surface area contributed by atoms with Crippen LogP contribution in [0.25, 0.3) is 0 Å². The predicted octanol–water partition coefficient (Wildman–Crippen LogP) is 2.22. The number of anilines is 1. The summed E-state index contributed by atoms with van der Waals surface area (Å²) in [4.78, 5) is 2.39. The lowest BCUT2D eigenvalue weighted by molar-refractivity contribution is 0.234. The molecule has 0 spiro atoms. The van der Waals surface area contributed by atoms with Crippen molar-refractivity contribution in [1.29, 1.82) is 0 Å². The minimum Gasteiger partial charge on any atom is -0.377 e. The molecule has 3 nitrogen and oxygen atoms in total. The number of hydrogen-bond acceptors (Lipinski definition) is 4.